The molecule has 35 heavy (non-hydrogen) atoms. The van der Waals surface area contributed by atoms with Crippen LogP contribution in [0.4, 0.5) is 18.9 Å². The van der Waals surface area contributed by atoms with E-state index in [0.29, 0.717) is 17.2 Å². The van der Waals surface area contributed by atoms with Crippen LogP contribution in [-0.2, 0) is 14.9 Å². The lowest BCUT2D eigenvalue weighted by Gasteiger charge is -2.27. The molecule has 0 saturated carbocycles. The number of aliphatic imine (C=N–C) groups is 2. The zero-order chi connectivity index (χ0) is 26.6. The van der Waals surface area contributed by atoms with Crippen LogP contribution >= 0.6 is 11.3 Å². The first-order valence-corrected chi connectivity index (χ1v) is 12.1. The Morgan fingerprint density at radius 2 is 1.86 bits per heavy atom. The van der Waals surface area contributed by atoms with Gasteiger partial charge >= 0.3 is 12.1 Å². The standard InChI is InChI=1S/C25H33F3N4O2S/c1-9-29-20(14-30-16(3)25(26,27)28)32-18-11-15(2)10-17(12-18)19-13-31-21(35-19)24(7,8)22(33)34-23(4,5)6/h10-14,16H,9H2,1-8H3,(H,29,32). The normalized spacial score (nSPS) is 14.3. The number of esters is 1. The fraction of sp³-hybridized carbons (Fsp3) is 0.520. The summed E-state index contributed by atoms with van der Waals surface area (Å²) in [7, 11) is 0. The second kappa shape index (κ2) is 10.9. The molecule has 192 valence electrons. The molecule has 0 aliphatic carbocycles. The van der Waals surface area contributed by atoms with E-state index in [1.165, 1.54) is 11.3 Å². The Morgan fingerprint density at radius 1 is 1.20 bits per heavy atom. The molecule has 0 aliphatic heterocycles. The molecule has 0 fully saturated rings. The number of hydrogen-bond donors (Lipinski definition) is 1. The molecular formula is C25H33F3N4O2S. The molecular weight excluding hydrogens is 477 g/mol. The van der Waals surface area contributed by atoms with Gasteiger partial charge in [0, 0.05) is 18.4 Å². The van der Waals surface area contributed by atoms with Crippen LogP contribution in [0.5, 0.6) is 0 Å². The maximum absolute atomic E-state index is 12.8. The Morgan fingerprint density at radius 3 is 2.43 bits per heavy atom. The van der Waals surface area contributed by atoms with Gasteiger partial charge in [0.2, 0.25) is 0 Å². The van der Waals surface area contributed by atoms with Crippen molar-refractivity contribution in [1.29, 1.82) is 0 Å². The number of ether oxygens (including phenoxy) is 1. The minimum atomic E-state index is -4.42. The van der Waals surface area contributed by atoms with Crippen molar-refractivity contribution in [2.45, 2.75) is 78.6 Å². The Bertz CT molecular complexity index is 1100. The van der Waals surface area contributed by atoms with Gasteiger partial charge in [0.1, 0.15) is 27.9 Å². The topological polar surface area (TPSA) is 75.9 Å². The third kappa shape index (κ3) is 8.16. The maximum Gasteiger partial charge on any atom is 0.410 e. The van der Waals surface area contributed by atoms with Gasteiger partial charge in [-0.1, -0.05) is 6.07 Å². The summed E-state index contributed by atoms with van der Waals surface area (Å²) in [5, 5.41) is 3.69. The molecule has 1 heterocycles. The summed E-state index contributed by atoms with van der Waals surface area (Å²) in [5.74, 6) is -0.124. The van der Waals surface area contributed by atoms with Crippen LogP contribution in [0, 0.1) is 6.92 Å². The summed E-state index contributed by atoms with van der Waals surface area (Å²) in [6.07, 6.45) is -1.60. The van der Waals surface area contributed by atoms with E-state index >= 15 is 0 Å². The molecule has 0 spiro atoms. The highest BCUT2D eigenvalue weighted by atomic mass is 32.1. The second-order valence-electron chi connectivity index (χ2n) is 9.72. The summed E-state index contributed by atoms with van der Waals surface area (Å²) in [5.41, 5.74) is 0.910. The minimum absolute atomic E-state index is 0.233. The molecule has 0 radical (unpaired) electrons. The van der Waals surface area contributed by atoms with E-state index in [1.54, 1.807) is 27.0 Å². The first-order valence-electron chi connectivity index (χ1n) is 11.3. The van der Waals surface area contributed by atoms with E-state index in [4.69, 9.17) is 4.74 Å². The van der Waals surface area contributed by atoms with E-state index in [-0.39, 0.29) is 11.8 Å². The van der Waals surface area contributed by atoms with E-state index in [0.717, 1.165) is 29.1 Å². The lowest BCUT2D eigenvalue weighted by atomic mass is 9.94. The van der Waals surface area contributed by atoms with Crippen molar-refractivity contribution in [2.24, 2.45) is 9.98 Å². The number of hydrogen-bond acceptors (Lipinski definition) is 6. The highest BCUT2D eigenvalue weighted by Gasteiger charge is 2.37. The summed E-state index contributed by atoms with van der Waals surface area (Å²) in [4.78, 5) is 25.9. The molecule has 0 bridgehead atoms. The zero-order valence-electron chi connectivity index (χ0n) is 21.4. The van der Waals surface area contributed by atoms with Gasteiger partial charge < -0.3 is 10.1 Å². The molecule has 1 aromatic carbocycles. The number of nitrogens with zero attached hydrogens (tertiary/aromatic N) is 3. The number of alkyl halides is 3. The quantitative estimate of drug-likeness (QED) is 0.259. The number of aromatic nitrogens is 1. The monoisotopic (exact) mass is 510 g/mol. The third-order valence-corrected chi connectivity index (χ3v) is 6.18. The SMILES string of the molecule is CCN=C(C=NC(C)C(F)(F)F)Nc1cc(C)cc(-c2cnc(C(C)(C)C(=O)OC(C)(C)C)s2)c1. The fourth-order valence-electron chi connectivity index (χ4n) is 2.88. The maximum atomic E-state index is 12.8. The first-order chi connectivity index (χ1) is 16.0. The van der Waals surface area contributed by atoms with E-state index < -0.39 is 23.2 Å². The van der Waals surface area contributed by atoms with Crippen LogP contribution in [0.2, 0.25) is 0 Å². The number of anilines is 1. The van der Waals surface area contributed by atoms with Gasteiger partial charge in [-0.05, 0) is 78.6 Å². The van der Waals surface area contributed by atoms with E-state index in [2.05, 4.69) is 20.3 Å². The molecule has 1 aromatic heterocycles. The molecule has 10 heteroatoms. The van der Waals surface area contributed by atoms with Crippen LogP contribution in [0.25, 0.3) is 10.4 Å². The van der Waals surface area contributed by atoms with Gasteiger partial charge in [0.05, 0.1) is 11.1 Å². The smallest absolute Gasteiger partial charge is 0.410 e. The summed E-state index contributed by atoms with van der Waals surface area (Å²) in [6.45, 7) is 14.1. The van der Waals surface area contributed by atoms with Crippen LogP contribution in [0.15, 0.2) is 34.4 Å². The molecule has 1 N–H and O–H groups in total. The predicted molar refractivity (Wildman–Crippen MR) is 137 cm³/mol. The predicted octanol–water partition coefficient (Wildman–Crippen LogP) is 6.59. The van der Waals surface area contributed by atoms with E-state index in [1.807, 2.05) is 45.9 Å². The highest BCUT2D eigenvalue weighted by molar-refractivity contribution is 7.15. The number of aryl methyl sites for hydroxylation is 1. The first kappa shape index (κ1) is 28.5. The van der Waals surface area contributed by atoms with Crippen molar-refractivity contribution in [3.63, 3.8) is 0 Å². The van der Waals surface area contributed by atoms with E-state index in [9.17, 15) is 18.0 Å². The minimum Gasteiger partial charge on any atom is -0.459 e. The van der Waals surface area contributed by atoms with Gasteiger partial charge in [-0.2, -0.15) is 13.2 Å². The van der Waals surface area contributed by atoms with Crippen LogP contribution in [0.1, 0.15) is 59.0 Å². The van der Waals surface area contributed by atoms with Crippen molar-refractivity contribution in [3.8, 4) is 10.4 Å². The van der Waals surface area contributed by atoms with Crippen LogP contribution < -0.4 is 5.32 Å². The molecule has 0 aliphatic rings. The van der Waals surface area contributed by atoms with Crippen molar-refractivity contribution in [1.82, 2.24) is 4.98 Å². The van der Waals surface area contributed by atoms with Crippen molar-refractivity contribution in [2.75, 3.05) is 11.9 Å². The number of thiazole rings is 1. The Kier molecular flexibility index (Phi) is 8.86. The second-order valence-corrected chi connectivity index (χ2v) is 10.8. The van der Waals surface area contributed by atoms with Crippen molar-refractivity contribution in [3.05, 3.63) is 35.0 Å². The average molecular weight is 511 g/mol. The van der Waals surface area contributed by atoms with Gasteiger partial charge in [0.25, 0.3) is 0 Å². The van der Waals surface area contributed by atoms with Crippen molar-refractivity contribution >= 4 is 35.0 Å². The molecule has 2 aromatic rings. The third-order valence-electron chi connectivity index (χ3n) is 4.81. The molecule has 0 amide bonds. The summed E-state index contributed by atoms with van der Waals surface area (Å²) in [6, 6.07) is 3.86. The Labute approximate surface area is 208 Å². The average Bonchev–Trinajstić information content (AvgIpc) is 3.20. The zero-order valence-corrected chi connectivity index (χ0v) is 22.2. The Balaban J connectivity index is 2.31. The van der Waals surface area contributed by atoms with Crippen LogP contribution in [-0.4, -0.2) is 47.4 Å². The summed E-state index contributed by atoms with van der Waals surface area (Å²) >= 11 is 1.39. The lowest BCUT2D eigenvalue weighted by Crippen LogP contribution is -2.36. The van der Waals surface area contributed by atoms with Crippen LogP contribution in [0.3, 0.4) is 0 Å². The van der Waals surface area contributed by atoms with Gasteiger partial charge in [-0.3, -0.25) is 14.8 Å². The lowest BCUT2D eigenvalue weighted by molar-refractivity contribution is -0.160. The molecule has 0 saturated heterocycles. The van der Waals surface area contributed by atoms with Gasteiger partial charge in [-0.15, -0.1) is 11.3 Å². The summed E-state index contributed by atoms with van der Waals surface area (Å²) < 4.78 is 44.0. The number of carbonyl (C=O) groups excluding carboxylic acids is 1. The number of halogens is 3. The molecule has 1 atom stereocenters. The number of nitrogens with one attached hydrogen (secondary N) is 1. The molecule has 1 unspecified atom stereocenters. The number of amidine groups is 1. The fourth-order valence-corrected chi connectivity index (χ4v) is 3.88. The number of carbonyl (C=O) groups is 1. The largest absolute Gasteiger partial charge is 0.459 e. The number of rotatable bonds is 7. The van der Waals surface area contributed by atoms with Gasteiger partial charge in [-0.25, -0.2) is 4.98 Å². The Hall–Kier alpha value is -2.75. The highest BCUT2D eigenvalue weighted by Crippen LogP contribution is 2.36. The molecule has 2 rings (SSSR count). The van der Waals surface area contributed by atoms with Gasteiger partial charge in [0.15, 0.2) is 0 Å². The van der Waals surface area contributed by atoms with Crippen molar-refractivity contribution < 1.29 is 22.7 Å². The molecule has 6 nitrogen and oxygen atoms in total. The number of benzene rings is 1.